The van der Waals surface area contributed by atoms with Crippen LogP contribution in [0.25, 0.3) is 0 Å². The first-order valence-corrected chi connectivity index (χ1v) is 12.6. The third-order valence-electron chi connectivity index (χ3n) is 6.13. The number of amides is 1. The monoisotopic (exact) mass is 457 g/mol. The maximum atomic E-state index is 12.9. The normalized spacial score (nSPS) is 20.3. The number of hydrogen-bond donors (Lipinski definition) is 1. The van der Waals surface area contributed by atoms with Crippen molar-refractivity contribution in [2.24, 2.45) is 0 Å². The molecule has 32 heavy (non-hydrogen) atoms. The van der Waals surface area contributed by atoms with Crippen LogP contribution in [0.15, 0.2) is 53.4 Å². The van der Waals surface area contributed by atoms with Crippen molar-refractivity contribution in [3.8, 4) is 0 Å². The highest BCUT2D eigenvalue weighted by Crippen LogP contribution is 2.19. The molecule has 0 aliphatic carbocycles. The smallest absolute Gasteiger partial charge is 0.251 e. The molecule has 1 atom stereocenters. The number of piperazine rings is 1. The molecular weight excluding hydrogens is 426 g/mol. The Balaban J connectivity index is 1.26. The quantitative estimate of drug-likeness (QED) is 0.691. The van der Waals surface area contributed by atoms with E-state index in [1.165, 1.54) is 0 Å². The molecule has 0 spiro atoms. The van der Waals surface area contributed by atoms with E-state index in [1.54, 1.807) is 16.4 Å². The number of carbonyl (C=O) groups excluding carboxylic acids is 1. The van der Waals surface area contributed by atoms with E-state index in [0.29, 0.717) is 43.2 Å². The van der Waals surface area contributed by atoms with Crippen molar-refractivity contribution >= 4 is 15.9 Å². The number of carbonyl (C=O) groups is 1. The Morgan fingerprint density at radius 2 is 1.72 bits per heavy atom. The summed E-state index contributed by atoms with van der Waals surface area (Å²) in [6, 6.07) is 14.6. The van der Waals surface area contributed by atoms with Gasteiger partial charge in [0, 0.05) is 51.4 Å². The van der Waals surface area contributed by atoms with Crippen molar-refractivity contribution in [1.82, 2.24) is 14.5 Å². The van der Waals surface area contributed by atoms with Crippen LogP contribution >= 0.6 is 0 Å². The molecule has 2 fully saturated rings. The summed E-state index contributed by atoms with van der Waals surface area (Å²) in [6.07, 6.45) is 2.19. The number of ether oxygens (including phenoxy) is 1. The van der Waals surface area contributed by atoms with Crippen molar-refractivity contribution in [2.75, 3.05) is 39.3 Å². The predicted molar refractivity (Wildman–Crippen MR) is 123 cm³/mol. The summed E-state index contributed by atoms with van der Waals surface area (Å²) >= 11 is 0. The Morgan fingerprint density at radius 3 is 2.34 bits per heavy atom. The third-order valence-corrected chi connectivity index (χ3v) is 8.04. The third kappa shape index (κ3) is 5.56. The van der Waals surface area contributed by atoms with Crippen LogP contribution in [0, 0.1) is 6.92 Å². The zero-order chi connectivity index (χ0) is 22.6. The number of rotatable bonds is 7. The van der Waals surface area contributed by atoms with Gasteiger partial charge >= 0.3 is 0 Å². The molecule has 0 aromatic heterocycles. The van der Waals surface area contributed by atoms with Gasteiger partial charge in [0.1, 0.15) is 0 Å². The summed E-state index contributed by atoms with van der Waals surface area (Å²) in [4.78, 5) is 14.9. The van der Waals surface area contributed by atoms with Gasteiger partial charge in [-0.15, -0.1) is 0 Å². The average Bonchev–Trinajstić information content (AvgIpc) is 3.32. The molecule has 7 nitrogen and oxygen atoms in total. The summed E-state index contributed by atoms with van der Waals surface area (Å²) in [5.41, 5.74) is 2.79. The fourth-order valence-electron chi connectivity index (χ4n) is 4.12. The minimum Gasteiger partial charge on any atom is -0.376 e. The largest absolute Gasteiger partial charge is 0.376 e. The zero-order valence-corrected chi connectivity index (χ0v) is 19.3. The highest BCUT2D eigenvalue weighted by Gasteiger charge is 2.28. The van der Waals surface area contributed by atoms with Crippen LogP contribution in [-0.4, -0.2) is 69.0 Å². The summed E-state index contributed by atoms with van der Waals surface area (Å²) < 4.78 is 32.8. The summed E-state index contributed by atoms with van der Waals surface area (Å²) in [5.74, 6) is -0.0815. The molecule has 2 aromatic rings. The molecule has 2 saturated heterocycles. The molecular formula is C24H31N3O4S. The summed E-state index contributed by atoms with van der Waals surface area (Å²) in [7, 11) is -3.45. The van der Waals surface area contributed by atoms with E-state index >= 15 is 0 Å². The van der Waals surface area contributed by atoms with Crippen LogP contribution in [0.4, 0.5) is 0 Å². The molecule has 0 bridgehead atoms. The van der Waals surface area contributed by atoms with E-state index in [1.807, 2.05) is 43.3 Å². The van der Waals surface area contributed by atoms with Crippen LogP contribution in [0.3, 0.4) is 0 Å². The Bertz CT molecular complexity index is 1010. The molecule has 8 heteroatoms. The Hall–Kier alpha value is -2.26. The zero-order valence-electron chi connectivity index (χ0n) is 18.5. The number of benzene rings is 2. The van der Waals surface area contributed by atoms with Gasteiger partial charge in [-0.25, -0.2) is 8.42 Å². The van der Waals surface area contributed by atoms with Crippen LogP contribution in [0.1, 0.15) is 34.3 Å². The number of nitrogens with zero attached hydrogens (tertiary/aromatic N) is 2. The van der Waals surface area contributed by atoms with E-state index in [0.717, 1.165) is 37.1 Å². The fourth-order valence-corrected chi connectivity index (χ4v) is 5.54. The Morgan fingerprint density at radius 1 is 1.03 bits per heavy atom. The number of aryl methyl sites for hydroxylation is 1. The van der Waals surface area contributed by atoms with E-state index < -0.39 is 10.0 Å². The van der Waals surface area contributed by atoms with Crippen LogP contribution < -0.4 is 5.32 Å². The molecule has 172 valence electrons. The predicted octanol–water partition coefficient (Wildman–Crippen LogP) is 2.41. The van der Waals surface area contributed by atoms with Gasteiger partial charge in [-0.05, 0) is 49.6 Å². The first-order valence-electron chi connectivity index (χ1n) is 11.2. The lowest BCUT2D eigenvalue weighted by atomic mass is 10.1. The SMILES string of the molecule is Cc1ccc(S(=O)(=O)N2CCN(Cc3ccc(C(=O)NCC4CCCO4)cc3)CC2)cc1. The van der Waals surface area contributed by atoms with Crippen LogP contribution in [-0.2, 0) is 21.3 Å². The molecule has 1 N–H and O–H groups in total. The van der Waals surface area contributed by atoms with Gasteiger partial charge in [-0.1, -0.05) is 29.8 Å². The van der Waals surface area contributed by atoms with Crippen LogP contribution in [0.5, 0.6) is 0 Å². The first kappa shape index (κ1) is 22.9. The molecule has 0 radical (unpaired) electrons. The fraction of sp³-hybridized carbons (Fsp3) is 0.458. The number of sulfonamides is 1. The van der Waals surface area contributed by atoms with Crippen molar-refractivity contribution in [3.05, 3.63) is 65.2 Å². The molecule has 1 amide bonds. The second-order valence-corrected chi connectivity index (χ2v) is 10.5. The van der Waals surface area contributed by atoms with Crippen molar-refractivity contribution < 1.29 is 17.9 Å². The van der Waals surface area contributed by atoms with Crippen molar-refractivity contribution in [2.45, 2.75) is 37.3 Å². The molecule has 0 saturated carbocycles. The maximum absolute atomic E-state index is 12.9. The summed E-state index contributed by atoms with van der Waals surface area (Å²) in [5, 5.41) is 2.94. The molecule has 2 aromatic carbocycles. The van der Waals surface area contributed by atoms with Gasteiger partial charge in [0.2, 0.25) is 10.0 Å². The van der Waals surface area contributed by atoms with Crippen LogP contribution in [0.2, 0.25) is 0 Å². The molecule has 4 rings (SSSR count). The average molecular weight is 458 g/mol. The highest BCUT2D eigenvalue weighted by atomic mass is 32.2. The van der Waals surface area contributed by atoms with E-state index in [9.17, 15) is 13.2 Å². The van der Waals surface area contributed by atoms with Gasteiger partial charge in [-0.3, -0.25) is 9.69 Å². The lowest BCUT2D eigenvalue weighted by Gasteiger charge is -2.34. The number of hydrogen-bond acceptors (Lipinski definition) is 5. The summed E-state index contributed by atoms with van der Waals surface area (Å²) in [6.45, 7) is 6.30. The first-order chi connectivity index (χ1) is 15.4. The van der Waals surface area contributed by atoms with Gasteiger partial charge < -0.3 is 10.1 Å². The molecule has 2 aliphatic heterocycles. The van der Waals surface area contributed by atoms with E-state index in [2.05, 4.69) is 10.2 Å². The molecule has 2 heterocycles. The second kappa shape index (κ2) is 10.1. The highest BCUT2D eigenvalue weighted by molar-refractivity contribution is 7.89. The minimum atomic E-state index is -3.45. The minimum absolute atomic E-state index is 0.0815. The maximum Gasteiger partial charge on any atom is 0.251 e. The van der Waals surface area contributed by atoms with Gasteiger partial charge in [-0.2, -0.15) is 4.31 Å². The standard InChI is InChI=1S/C24H31N3O4S/c1-19-4-10-23(11-5-19)32(29,30)27-14-12-26(13-15-27)18-20-6-8-21(9-7-20)24(28)25-17-22-3-2-16-31-22/h4-11,22H,2-3,12-18H2,1H3,(H,25,28). The number of nitrogens with one attached hydrogen (secondary N) is 1. The lowest BCUT2D eigenvalue weighted by Crippen LogP contribution is -2.48. The Kier molecular flexibility index (Phi) is 7.25. The molecule has 1 unspecified atom stereocenters. The second-order valence-electron chi connectivity index (χ2n) is 8.54. The van der Waals surface area contributed by atoms with Gasteiger partial charge in [0.05, 0.1) is 11.0 Å². The molecule has 2 aliphatic rings. The van der Waals surface area contributed by atoms with Gasteiger partial charge in [0.25, 0.3) is 5.91 Å². The van der Waals surface area contributed by atoms with Crippen molar-refractivity contribution in [1.29, 1.82) is 0 Å². The van der Waals surface area contributed by atoms with Gasteiger partial charge in [0.15, 0.2) is 0 Å². The van der Waals surface area contributed by atoms with E-state index in [-0.39, 0.29) is 12.0 Å². The lowest BCUT2D eigenvalue weighted by molar-refractivity contribution is 0.0857. The topological polar surface area (TPSA) is 79.0 Å². The van der Waals surface area contributed by atoms with Crippen molar-refractivity contribution in [3.63, 3.8) is 0 Å². The van der Waals surface area contributed by atoms with E-state index in [4.69, 9.17) is 4.74 Å². The Labute approximate surface area is 190 Å².